The molecule has 0 amide bonds. The fourth-order valence-corrected chi connectivity index (χ4v) is 12.4. The molecule has 0 saturated carbocycles. The number of para-hydroxylation sites is 1. The van der Waals surface area contributed by atoms with Gasteiger partial charge in [0.25, 0.3) is 0 Å². The Morgan fingerprint density at radius 2 is 0.700 bits per heavy atom. The highest BCUT2D eigenvalue weighted by Gasteiger charge is 2.48. The second-order valence-corrected chi connectivity index (χ2v) is 18.7. The van der Waals surface area contributed by atoms with Gasteiger partial charge in [-0.15, -0.1) is 0 Å². The normalized spacial score (nSPS) is 13.7. The predicted molar refractivity (Wildman–Crippen MR) is 288 cm³/mol. The number of fused-ring (bicyclic) bond motifs is 9. The monoisotopic (exact) mass is 891 g/mol. The summed E-state index contributed by atoms with van der Waals surface area (Å²) >= 11 is 0. The first-order chi connectivity index (χ1) is 34.7. The lowest BCUT2D eigenvalue weighted by atomic mass is 9.67. The molecule has 0 aliphatic heterocycles. The SMILES string of the molecule is c1ccc(-c2cc3c(cc2N(c2ccc4c(c2)C(c2ccccc2)(c2ccccc2)c2ccccc2-4)c2ccc4c(c2)oc2ccccc24)C(c2ccccc2)(c2ccccc2)c2ccccc2-3)cc1. The second kappa shape index (κ2) is 15.8. The summed E-state index contributed by atoms with van der Waals surface area (Å²) in [6.07, 6.45) is 0. The quantitative estimate of drug-likeness (QED) is 0.151. The Morgan fingerprint density at radius 3 is 1.29 bits per heavy atom. The van der Waals surface area contributed by atoms with Crippen LogP contribution in [0.1, 0.15) is 44.5 Å². The lowest BCUT2D eigenvalue weighted by Crippen LogP contribution is -2.29. The number of hydrogen-bond donors (Lipinski definition) is 0. The first-order valence-electron chi connectivity index (χ1n) is 24.2. The molecule has 0 saturated heterocycles. The molecule has 1 aromatic heterocycles. The van der Waals surface area contributed by atoms with E-state index in [1.165, 1.54) is 66.8 Å². The molecule has 12 aromatic rings. The van der Waals surface area contributed by atoms with Crippen molar-refractivity contribution in [3.05, 3.63) is 317 Å². The Balaban J connectivity index is 1.12. The fraction of sp³-hybridized carbons (Fsp3) is 0.0294. The molecule has 2 heteroatoms. The van der Waals surface area contributed by atoms with Crippen LogP contribution in [0.2, 0.25) is 0 Å². The van der Waals surface area contributed by atoms with Crippen molar-refractivity contribution < 1.29 is 4.42 Å². The molecular weight excluding hydrogens is 847 g/mol. The largest absolute Gasteiger partial charge is 0.456 e. The molecule has 2 aliphatic carbocycles. The van der Waals surface area contributed by atoms with Gasteiger partial charge in [0.05, 0.1) is 16.5 Å². The van der Waals surface area contributed by atoms with E-state index in [-0.39, 0.29) is 0 Å². The first-order valence-corrected chi connectivity index (χ1v) is 24.2. The maximum absolute atomic E-state index is 6.73. The average Bonchev–Trinajstić information content (AvgIpc) is 4.06. The van der Waals surface area contributed by atoms with Crippen LogP contribution >= 0.6 is 0 Å². The van der Waals surface area contributed by atoms with E-state index in [9.17, 15) is 0 Å². The standard InChI is InChI=1S/C68H45NO/c1-6-22-46(23-7-1)58-44-59-54-33-17-20-36-61(54)68(49-28-12-4-13-29-49,50-30-14-5-15-31-50)63(59)45-64(58)69(52-39-41-57-56-34-18-21-37-65(56)70-66(57)43-52)51-38-40-55-53-32-16-19-35-60(53)67(62(55)42-51,47-24-8-2-9-25-47)48-26-10-3-11-27-48/h1-45H. The molecule has 0 N–H and O–H groups in total. The van der Waals surface area contributed by atoms with E-state index in [1.807, 2.05) is 6.07 Å². The van der Waals surface area contributed by atoms with Gasteiger partial charge in [-0.25, -0.2) is 0 Å². The van der Waals surface area contributed by atoms with Crippen molar-refractivity contribution in [2.24, 2.45) is 0 Å². The number of anilines is 3. The molecule has 0 unspecified atom stereocenters. The van der Waals surface area contributed by atoms with Crippen LogP contribution in [0, 0.1) is 0 Å². The van der Waals surface area contributed by atoms with Gasteiger partial charge in [-0.05, 0) is 115 Å². The summed E-state index contributed by atoms with van der Waals surface area (Å²) in [6, 6.07) is 101. The van der Waals surface area contributed by atoms with Crippen LogP contribution < -0.4 is 4.90 Å². The Bertz CT molecular complexity index is 3850. The minimum absolute atomic E-state index is 0.587. The summed E-state index contributed by atoms with van der Waals surface area (Å²) in [5.41, 5.74) is 20.9. The van der Waals surface area contributed by atoms with Crippen molar-refractivity contribution in [2.75, 3.05) is 4.90 Å². The average molecular weight is 892 g/mol. The zero-order chi connectivity index (χ0) is 46.2. The minimum Gasteiger partial charge on any atom is -0.456 e. The highest BCUT2D eigenvalue weighted by atomic mass is 16.3. The zero-order valence-corrected chi connectivity index (χ0v) is 38.3. The molecule has 11 aromatic carbocycles. The van der Waals surface area contributed by atoms with Gasteiger partial charge in [0.2, 0.25) is 0 Å². The van der Waals surface area contributed by atoms with Crippen molar-refractivity contribution >= 4 is 39.0 Å². The van der Waals surface area contributed by atoms with E-state index in [0.29, 0.717) is 0 Å². The predicted octanol–water partition coefficient (Wildman–Crippen LogP) is 17.4. The lowest BCUT2D eigenvalue weighted by molar-refractivity contribution is 0.669. The van der Waals surface area contributed by atoms with Gasteiger partial charge in [-0.1, -0.05) is 224 Å². The minimum atomic E-state index is -0.609. The van der Waals surface area contributed by atoms with Crippen LogP contribution in [0.15, 0.2) is 277 Å². The molecule has 0 fully saturated rings. The van der Waals surface area contributed by atoms with Gasteiger partial charge in [-0.2, -0.15) is 0 Å². The maximum atomic E-state index is 6.73. The van der Waals surface area contributed by atoms with Crippen molar-refractivity contribution in [1.29, 1.82) is 0 Å². The summed E-state index contributed by atoms with van der Waals surface area (Å²) < 4.78 is 6.73. The van der Waals surface area contributed by atoms with E-state index in [0.717, 1.165) is 50.1 Å². The van der Waals surface area contributed by atoms with E-state index >= 15 is 0 Å². The molecule has 328 valence electrons. The Hall–Kier alpha value is -8.98. The summed E-state index contributed by atoms with van der Waals surface area (Å²) in [5, 5.41) is 2.20. The third kappa shape index (κ3) is 5.74. The van der Waals surface area contributed by atoms with Crippen molar-refractivity contribution in [1.82, 2.24) is 0 Å². The molecule has 1 heterocycles. The zero-order valence-electron chi connectivity index (χ0n) is 38.3. The number of nitrogens with zero attached hydrogens (tertiary/aromatic N) is 1. The second-order valence-electron chi connectivity index (χ2n) is 18.7. The number of furan rings is 1. The van der Waals surface area contributed by atoms with Gasteiger partial charge in [0.15, 0.2) is 0 Å². The summed E-state index contributed by atoms with van der Waals surface area (Å²) in [7, 11) is 0. The fourth-order valence-electron chi connectivity index (χ4n) is 12.4. The molecule has 2 nitrogen and oxygen atoms in total. The van der Waals surface area contributed by atoms with Crippen molar-refractivity contribution in [3.63, 3.8) is 0 Å². The highest BCUT2D eigenvalue weighted by Crippen LogP contribution is 2.61. The first kappa shape index (κ1) is 40.1. The van der Waals surface area contributed by atoms with Crippen LogP contribution in [-0.2, 0) is 10.8 Å². The third-order valence-corrected chi connectivity index (χ3v) is 15.2. The number of hydrogen-bond acceptors (Lipinski definition) is 2. The van der Waals surface area contributed by atoms with Gasteiger partial charge in [-0.3, -0.25) is 0 Å². The van der Waals surface area contributed by atoms with Crippen LogP contribution in [0.25, 0.3) is 55.3 Å². The topological polar surface area (TPSA) is 16.4 Å². The molecule has 0 atom stereocenters. The van der Waals surface area contributed by atoms with E-state index in [1.54, 1.807) is 0 Å². The number of rotatable bonds is 8. The van der Waals surface area contributed by atoms with E-state index in [2.05, 4.69) is 272 Å². The molecule has 14 rings (SSSR count). The van der Waals surface area contributed by atoms with Crippen LogP contribution in [0.3, 0.4) is 0 Å². The third-order valence-electron chi connectivity index (χ3n) is 15.2. The smallest absolute Gasteiger partial charge is 0.137 e. The molecule has 0 bridgehead atoms. The molecule has 2 aliphatic rings. The van der Waals surface area contributed by atoms with Crippen molar-refractivity contribution in [2.45, 2.75) is 10.8 Å². The van der Waals surface area contributed by atoms with Gasteiger partial charge in [0.1, 0.15) is 11.2 Å². The Morgan fingerprint density at radius 1 is 0.271 bits per heavy atom. The summed E-state index contributed by atoms with van der Waals surface area (Å²) in [6.45, 7) is 0. The van der Waals surface area contributed by atoms with E-state index in [4.69, 9.17) is 4.42 Å². The molecule has 0 radical (unpaired) electrons. The Labute approximate surface area is 408 Å². The summed E-state index contributed by atoms with van der Waals surface area (Å²) in [5.74, 6) is 0. The highest BCUT2D eigenvalue weighted by molar-refractivity contribution is 6.07. The lowest BCUT2D eigenvalue weighted by Gasteiger charge is -2.36. The Kier molecular flexibility index (Phi) is 9.06. The van der Waals surface area contributed by atoms with Crippen LogP contribution in [-0.4, -0.2) is 0 Å². The van der Waals surface area contributed by atoms with Crippen LogP contribution in [0.5, 0.6) is 0 Å². The molecule has 70 heavy (non-hydrogen) atoms. The van der Waals surface area contributed by atoms with E-state index < -0.39 is 10.8 Å². The summed E-state index contributed by atoms with van der Waals surface area (Å²) in [4.78, 5) is 2.50. The van der Waals surface area contributed by atoms with Gasteiger partial charge in [0, 0.05) is 33.8 Å². The van der Waals surface area contributed by atoms with Gasteiger partial charge < -0.3 is 9.32 Å². The molecular formula is C68H45NO. The molecule has 0 spiro atoms. The van der Waals surface area contributed by atoms with Crippen LogP contribution in [0.4, 0.5) is 17.1 Å². The van der Waals surface area contributed by atoms with Crippen molar-refractivity contribution in [3.8, 4) is 33.4 Å². The van der Waals surface area contributed by atoms with Gasteiger partial charge >= 0.3 is 0 Å². The maximum Gasteiger partial charge on any atom is 0.137 e. The number of benzene rings is 11.